The number of nitrogens with zero attached hydrogens (tertiary/aromatic N) is 2. The van der Waals surface area contributed by atoms with E-state index in [1.165, 1.54) is 55.3 Å². The maximum Gasteiger partial charge on any atom is 0.0163 e. The van der Waals surface area contributed by atoms with Crippen LogP contribution in [-0.4, -0.2) is 9.97 Å². The van der Waals surface area contributed by atoms with Crippen molar-refractivity contribution in [2.45, 2.75) is 105 Å². The van der Waals surface area contributed by atoms with Gasteiger partial charge in [0.25, 0.3) is 0 Å². The summed E-state index contributed by atoms with van der Waals surface area (Å²) in [6, 6.07) is 37.5. The fourth-order valence-corrected chi connectivity index (χ4v) is 7.21. The van der Waals surface area contributed by atoms with E-state index in [1.54, 1.807) is 0 Å². The average molecular weight is 849 g/mol. The minimum absolute atomic E-state index is 0. The number of pyridine rings is 2. The van der Waals surface area contributed by atoms with Crippen molar-refractivity contribution in [2.24, 2.45) is 0 Å². The molecule has 51 heavy (non-hydrogen) atoms. The molecule has 0 unspecified atom stereocenters. The number of hydrogen-bond acceptors (Lipinski definition) is 2. The second-order valence-corrected chi connectivity index (χ2v) is 17.6. The summed E-state index contributed by atoms with van der Waals surface area (Å²) in [6.45, 7) is 27.0. The molecule has 0 saturated carbocycles. The quantitative estimate of drug-likeness (QED) is 0.162. The summed E-state index contributed by atoms with van der Waals surface area (Å²) in [5.41, 5.74) is 15.1. The van der Waals surface area contributed by atoms with Gasteiger partial charge in [-0.05, 0) is 85.1 Å². The van der Waals surface area contributed by atoms with E-state index in [4.69, 9.17) is 4.98 Å². The van der Waals surface area contributed by atoms with Gasteiger partial charge in [0.15, 0.2) is 0 Å². The third kappa shape index (κ3) is 7.67. The molecule has 0 amide bonds. The summed E-state index contributed by atoms with van der Waals surface area (Å²) in [5, 5.41) is 2.66. The number of aryl methyl sites for hydroxylation is 1. The van der Waals surface area contributed by atoms with Crippen LogP contribution >= 0.6 is 0 Å². The Morgan fingerprint density at radius 3 is 1.73 bits per heavy atom. The van der Waals surface area contributed by atoms with Crippen molar-refractivity contribution in [1.29, 1.82) is 0 Å². The molecule has 0 fully saturated rings. The fraction of sp³-hybridized carbons (Fsp3) is 0.333. The molecule has 0 atom stereocenters. The van der Waals surface area contributed by atoms with Crippen LogP contribution in [0.15, 0.2) is 97.3 Å². The first-order valence-electron chi connectivity index (χ1n) is 17.9. The molecule has 265 valence electrons. The fourth-order valence-electron chi connectivity index (χ4n) is 7.21. The van der Waals surface area contributed by atoms with Gasteiger partial charge in [-0.3, -0.25) is 0 Å². The van der Waals surface area contributed by atoms with Gasteiger partial charge >= 0.3 is 0 Å². The average Bonchev–Trinajstić information content (AvgIpc) is 3.30. The third-order valence-corrected chi connectivity index (χ3v) is 10.2. The van der Waals surface area contributed by atoms with E-state index in [1.807, 2.05) is 18.5 Å². The Hall–Kier alpha value is -3.91. The van der Waals surface area contributed by atoms with E-state index in [2.05, 4.69) is 179 Å². The van der Waals surface area contributed by atoms with Gasteiger partial charge < -0.3 is 9.97 Å². The van der Waals surface area contributed by atoms with Gasteiger partial charge in [-0.1, -0.05) is 130 Å². The number of fused-ring (bicyclic) bond motifs is 5. The van der Waals surface area contributed by atoms with E-state index < -0.39 is 0 Å². The zero-order valence-corrected chi connectivity index (χ0v) is 34.9. The molecule has 1 radical (unpaired) electrons. The van der Waals surface area contributed by atoms with Crippen molar-refractivity contribution in [3.63, 3.8) is 0 Å². The number of aromatic nitrogens is 2. The Morgan fingerprint density at radius 2 is 1.10 bits per heavy atom. The Balaban J connectivity index is 0.000000211. The van der Waals surface area contributed by atoms with Gasteiger partial charge in [0.1, 0.15) is 0 Å². The molecule has 6 aromatic rings. The first kappa shape index (κ1) is 38.3. The molecule has 1 aliphatic carbocycles. The number of benzene rings is 4. The second kappa shape index (κ2) is 13.9. The molecule has 4 aromatic carbocycles. The molecular formula is C48H52IrN2-2. The predicted molar refractivity (Wildman–Crippen MR) is 213 cm³/mol. The maximum absolute atomic E-state index is 4.77. The Morgan fingerprint density at radius 1 is 0.549 bits per heavy atom. The van der Waals surface area contributed by atoms with E-state index >= 15 is 0 Å². The first-order chi connectivity index (χ1) is 23.4. The van der Waals surface area contributed by atoms with Crippen LogP contribution in [0.2, 0.25) is 0 Å². The van der Waals surface area contributed by atoms with Crippen molar-refractivity contribution in [2.75, 3.05) is 0 Å². The zero-order chi connectivity index (χ0) is 36.2. The van der Waals surface area contributed by atoms with Crippen LogP contribution in [0.3, 0.4) is 0 Å². The van der Waals surface area contributed by atoms with Gasteiger partial charge in [-0.2, -0.15) is 0 Å². The van der Waals surface area contributed by atoms with E-state index in [9.17, 15) is 0 Å². The van der Waals surface area contributed by atoms with Crippen LogP contribution in [-0.2, 0) is 41.8 Å². The number of rotatable bonds is 2. The molecule has 0 N–H and O–H groups in total. The normalized spacial score (nSPS) is 13.5. The standard InChI is InChI=1S/C29H28N.C19H24N.Ir/c1-18-10-12-21-19(16-18)11-13-23-22-8-7-9-24(27(22)29(5,6)26(21)23)25-17-20(14-15-30-25)28(2,3)4;1-18(2,3)15-9-7-8-14(12-15)17-13-16(10-11-20-17)19(4,5)6;/h7-8,10-17H,1-6H3;7,9-13H,1-6H3;/q2*-1;. The second-order valence-electron chi connectivity index (χ2n) is 17.6. The molecular weight excluding hydrogens is 797 g/mol. The molecule has 0 bridgehead atoms. The van der Waals surface area contributed by atoms with Crippen molar-refractivity contribution < 1.29 is 20.1 Å². The minimum atomic E-state index is -0.119. The Labute approximate surface area is 320 Å². The molecule has 0 spiro atoms. The third-order valence-electron chi connectivity index (χ3n) is 10.2. The zero-order valence-electron chi connectivity index (χ0n) is 32.5. The van der Waals surface area contributed by atoms with E-state index in [0.717, 1.165) is 22.5 Å². The van der Waals surface area contributed by atoms with Crippen LogP contribution in [0, 0.1) is 19.1 Å². The van der Waals surface area contributed by atoms with Gasteiger partial charge in [-0.25, -0.2) is 0 Å². The summed E-state index contributed by atoms with van der Waals surface area (Å²) < 4.78 is 0. The Kier molecular flexibility index (Phi) is 10.4. The van der Waals surface area contributed by atoms with Crippen molar-refractivity contribution in [3.8, 4) is 33.6 Å². The van der Waals surface area contributed by atoms with Crippen LogP contribution in [0.4, 0.5) is 0 Å². The summed E-state index contributed by atoms with van der Waals surface area (Å²) in [6.07, 6.45) is 3.84. The van der Waals surface area contributed by atoms with E-state index in [0.29, 0.717) is 0 Å². The molecule has 2 nitrogen and oxygen atoms in total. The van der Waals surface area contributed by atoms with Crippen LogP contribution in [0.5, 0.6) is 0 Å². The van der Waals surface area contributed by atoms with Gasteiger partial charge in [0, 0.05) is 32.5 Å². The topological polar surface area (TPSA) is 25.8 Å². The molecule has 1 aliphatic rings. The predicted octanol–water partition coefficient (Wildman–Crippen LogP) is 12.8. The Bertz CT molecular complexity index is 2150. The van der Waals surface area contributed by atoms with Crippen molar-refractivity contribution in [3.05, 3.63) is 143 Å². The molecule has 2 aromatic heterocycles. The molecule has 7 rings (SSSR count). The van der Waals surface area contributed by atoms with Gasteiger partial charge in [0.2, 0.25) is 0 Å². The van der Waals surface area contributed by atoms with Crippen molar-refractivity contribution in [1.82, 2.24) is 9.97 Å². The van der Waals surface area contributed by atoms with Crippen molar-refractivity contribution >= 4 is 10.8 Å². The van der Waals surface area contributed by atoms with Gasteiger partial charge in [-0.15, -0.1) is 64.7 Å². The SMILES string of the molecule is CC(C)(C)c1cc[c-]c(-c2cc(C(C)(C)C)ccn2)c1.Cc1ccc2c3c(ccc2c1)-c1cc[c-]c(-c2cc(C(C)(C)C)ccn2)c1C3(C)C.[Ir]. The molecule has 2 heterocycles. The van der Waals surface area contributed by atoms with Crippen LogP contribution in [0.25, 0.3) is 44.4 Å². The summed E-state index contributed by atoms with van der Waals surface area (Å²) in [7, 11) is 0. The monoisotopic (exact) mass is 849 g/mol. The van der Waals surface area contributed by atoms with E-state index in [-0.39, 0.29) is 41.8 Å². The number of hydrogen-bond donors (Lipinski definition) is 0. The molecule has 0 saturated heterocycles. The van der Waals surface area contributed by atoms with Crippen LogP contribution in [0.1, 0.15) is 110 Å². The van der Waals surface area contributed by atoms with Crippen LogP contribution < -0.4 is 0 Å². The maximum atomic E-state index is 4.77. The molecule has 0 aliphatic heterocycles. The largest absolute Gasteiger partial charge is 0.305 e. The molecule has 3 heteroatoms. The smallest absolute Gasteiger partial charge is 0.0163 e. The minimum Gasteiger partial charge on any atom is -0.305 e. The summed E-state index contributed by atoms with van der Waals surface area (Å²) >= 11 is 0. The summed E-state index contributed by atoms with van der Waals surface area (Å²) in [5.74, 6) is 0. The first-order valence-corrected chi connectivity index (χ1v) is 17.9. The van der Waals surface area contributed by atoms with Gasteiger partial charge in [0.05, 0.1) is 0 Å². The summed E-state index contributed by atoms with van der Waals surface area (Å²) in [4.78, 5) is 9.29.